The standard InChI is InChI=1S/C10H10ClFN2S/c11-9-2-1-3-10(12)8(9)6-15-14-5-4-13-7-14/h1-3,7H,4-6H2. The van der Waals surface area contributed by atoms with Gasteiger partial charge in [0.1, 0.15) is 5.82 Å². The Kier molecular flexibility index (Phi) is 3.49. The van der Waals surface area contributed by atoms with Crippen molar-refractivity contribution in [3.8, 4) is 0 Å². The zero-order chi connectivity index (χ0) is 10.7. The van der Waals surface area contributed by atoms with E-state index in [1.165, 1.54) is 18.0 Å². The molecule has 1 heterocycles. The van der Waals surface area contributed by atoms with Crippen LogP contribution in [0.3, 0.4) is 0 Å². The van der Waals surface area contributed by atoms with E-state index in [4.69, 9.17) is 11.6 Å². The molecule has 0 bridgehead atoms. The van der Waals surface area contributed by atoms with Gasteiger partial charge in [-0.25, -0.2) is 4.39 Å². The Balaban J connectivity index is 2.01. The van der Waals surface area contributed by atoms with Crippen molar-refractivity contribution in [2.24, 2.45) is 4.99 Å². The van der Waals surface area contributed by atoms with Gasteiger partial charge in [0.25, 0.3) is 0 Å². The molecule has 0 saturated heterocycles. The fourth-order valence-corrected chi connectivity index (χ4v) is 2.52. The summed E-state index contributed by atoms with van der Waals surface area (Å²) in [5.41, 5.74) is 0.560. The van der Waals surface area contributed by atoms with Gasteiger partial charge >= 0.3 is 0 Å². The quantitative estimate of drug-likeness (QED) is 0.760. The molecule has 0 unspecified atom stereocenters. The highest BCUT2D eigenvalue weighted by Gasteiger charge is 2.10. The first-order valence-electron chi connectivity index (χ1n) is 4.60. The van der Waals surface area contributed by atoms with Gasteiger partial charge in [-0.3, -0.25) is 4.99 Å². The number of hydrogen-bond acceptors (Lipinski definition) is 3. The van der Waals surface area contributed by atoms with Crippen LogP contribution in [0.5, 0.6) is 0 Å². The predicted octanol–water partition coefficient (Wildman–Crippen LogP) is 2.97. The van der Waals surface area contributed by atoms with Gasteiger partial charge in [0.15, 0.2) is 0 Å². The molecule has 0 amide bonds. The minimum absolute atomic E-state index is 0.244. The lowest BCUT2D eigenvalue weighted by Crippen LogP contribution is -2.10. The lowest BCUT2D eigenvalue weighted by atomic mass is 10.2. The number of nitrogens with zero attached hydrogens (tertiary/aromatic N) is 2. The van der Waals surface area contributed by atoms with Crippen LogP contribution < -0.4 is 0 Å². The molecule has 1 aromatic carbocycles. The lowest BCUT2D eigenvalue weighted by Gasteiger charge is -2.12. The van der Waals surface area contributed by atoms with Crippen LogP contribution in [0.15, 0.2) is 23.2 Å². The van der Waals surface area contributed by atoms with Gasteiger partial charge in [0.2, 0.25) is 0 Å². The third kappa shape index (κ3) is 2.63. The summed E-state index contributed by atoms with van der Waals surface area (Å²) in [5.74, 6) is 0.295. The van der Waals surface area contributed by atoms with Crippen LogP contribution in [-0.4, -0.2) is 23.7 Å². The summed E-state index contributed by atoms with van der Waals surface area (Å²) in [4.78, 5) is 4.08. The van der Waals surface area contributed by atoms with Crippen LogP contribution in [0.25, 0.3) is 0 Å². The molecule has 15 heavy (non-hydrogen) atoms. The molecule has 2 rings (SSSR count). The van der Waals surface area contributed by atoms with E-state index in [1.807, 2.05) is 4.31 Å². The number of halogens is 2. The van der Waals surface area contributed by atoms with E-state index in [2.05, 4.69) is 4.99 Å². The Labute approximate surface area is 97.3 Å². The molecular formula is C10H10ClFN2S. The largest absolute Gasteiger partial charge is 0.305 e. The number of rotatable bonds is 3. The zero-order valence-corrected chi connectivity index (χ0v) is 9.56. The van der Waals surface area contributed by atoms with Crippen LogP contribution in [0, 0.1) is 5.82 Å². The first-order valence-corrected chi connectivity index (χ1v) is 5.92. The van der Waals surface area contributed by atoms with Crippen molar-refractivity contribution in [3.63, 3.8) is 0 Å². The van der Waals surface area contributed by atoms with Crippen molar-refractivity contribution in [3.05, 3.63) is 34.6 Å². The van der Waals surface area contributed by atoms with Gasteiger partial charge in [-0.2, -0.15) is 0 Å². The first kappa shape index (κ1) is 10.8. The van der Waals surface area contributed by atoms with Crippen molar-refractivity contribution in [2.75, 3.05) is 13.1 Å². The maximum atomic E-state index is 13.4. The van der Waals surface area contributed by atoms with Crippen molar-refractivity contribution in [2.45, 2.75) is 5.75 Å². The summed E-state index contributed by atoms with van der Waals surface area (Å²) in [6.07, 6.45) is 1.78. The second-order valence-electron chi connectivity index (χ2n) is 3.14. The van der Waals surface area contributed by atoms with Crippen LogP contribution in [0.2, 0.25) is 5.02 Å². The van der Waals surface area contributed by atoms with Crippen LogP contribution in [0.1, 0.15) is 5.56 Å². The Hall–Kier alpha value is -0.740. The normalized spacial score (nSPS) is 14.9. The molecule has 5 heteroatoms. The Morgan fingerprint density at radius 2 is 2.40 bits per heavy atom. The van der Waals surface area contributed by atoms with E-state index in [1.54, 1.807) is 18.5 Å². The summed E-state index contributed by atoms with van der Waals surface area (Å²) in [6, 6.07) is 4.75. The molecule has 0 saturated carbocycles. The molecule has 0 atom stereocenters. The fraction of sp³-hybridized carbons (Fsp3) is 0.300. The van der Waals surface area contributed by atoms with E-state index < -0.39 is 0 Å². The van der Waals surface area contributed by atoms with Crippen LogP contribution >= 0.6 is 23.5 Å². The van der Waals surface area contributed by atoms with Gasteiger partial charge in [0.05, 0.1) is 19.4 Å². The van der Waals surface area contributed by atoms with Crippen molar-refractivity contribution in [1.29, 1.82) is 0 Å². The minimum Gasteiger partial charge on any atom is -0.305 e. The molecule has 80 valence electrons. The SMILES string of the molecule is Fc1cccc(Cl)c1CSN1C=NCC1. The Morgan fingerprint density at radius 1 is 1.53 bits per heavy atom. The third-order valence-electron chi connectivity index (χ3n) is 2.10. The summed E-state index contributed by atoms with van der Waals surface area (Å²) in [7, 11) is 0. The molecule has 2 nitrogen and oxygen atoms in total. The summed E-state index contributed by atoms with van der Waals surface area (Å²) in [6.45, 7) is 1.70. The highest BCUT2D eigenvalue weighted by molar-refractivity contribution is 7.96. The molecule has 0 radical (unpaired) electrons. The lowest BCUT2D eigenvalue weighted by molar-refractivity contribution is 0.616. The molecule has 1 aromatic rings. The molecule has 1 aliphatic rings. The van der Waals surface area contributed by atoms with Gasteiger partial charge < -0.3 is 4.31 Å². The van der Waals surface area contributed by atoms with Crippen molar-refractivity contribution >= 4 is 29.9 Å². The van der Waals surface area contributed by atoms with Crippen molar-refractivity contribution in [1.82, 2.24) is 4.31 Å². The topological polar surface area (TPSA) is 15.6 Å². The van der Waals surface area contributed by atoms with Gasteiger partial charge in [0, 0.05) is 16.3 Å². The summed E-state index contributed by atoms with van der Waals surface area (Å²) >= 11 is 7.43. The zero-order valence-electron chi connectivity index (χ0n) is 7.99. The Bertz CT molecular complexity index is 363. The molecule has 0 spiro atoms. The number of benzene rings is 1. The third-order valence-corrected chi connectivity index (χ3v) is 3.48. The average Bonchev–Trinajstić information content (AvgIpc) is 2.70. The van der Waals surface area contributed by atoms with Crippen LogP contribution in [-0.2, 0) is 5.75 Å². The first-order chi connectivity index (χ1) is 7.27. The highest BCUT2D eigenvalue weighted by Crippen LogP contribution is 2.25. The number of hydrogen-bond donors (Lipinski definition) is 0. The monoisotopic (exact) mass is 244 g/mol. The van der Waals surface area contributed by atoms with Crippen LogP contribution in [0.4, 0.5) is 4.39 Å². The maximum absolute atomic E-state index is 13.4. The van der Waals surface area contributed by atoms with E-state index in [0.717, 1.165) is 13.1 Å². The van der Waals surface area contributed by atoms with E-state index in [0.29, 0.717) is 16.3 Å². The maximum Gasteiger partial charge on any atom is 0.128 e. The van der Waals surface area contributed by atoms with Gasteiger partial charge in [-0.1, -0.05) is 17.7 Å². The van der Waals surface area contributed by atoms with Crippen molar-refractivity contribution < 1.29 is 4.39 Å². The van der Waals surface area contributed by atoms with Gasteiger partial charge in [-0.15, -0.1) is 0 Å². The minimum atomic E-state index is -0.244. The predicted molar refractivity (Wildman–Crippen MR) is 62.8 cm³/mol. The molecule has 0 aromatic heterocycles. The summed E-state index contributed by atoms with van der Waals surface area (Å²) < 4.78 is 15.4. The van der Waals surface area contributed by atoms with Gasteiger partial charge in [-0.05, 0) is 24.1 Å². The smallest absolute Gasteiger partial charge is 0.128 e. The molecule has 0 N–H and O–H groups in total. The second kappa shape index (κ2) is 4.86. The highest BCUT2D eigenvalue weighted by atomic mass is 35.5. The number of aliphatic imine (C=N–C) groups is 1. The van der Waals surface area contributed by atoms with E-state index >= 15 is 0 Å². The summed E-state index contributed by atoms with van der Waals surface area (Å²) in [5, 5.41) is 0.485. The van der Waals surface area contributed by atoms with E-state index in [9.17, 15) is 4.39 Å². The average molecular weight is 245 g/mol. The molecule has 1 aliphatic heterocycles. The molecular weight excluding hydrogens is 235 g/mol. The van der Waals surface area contributed by atoms with E-state index in [-0.39, 0.29) is 5.82 Å². The molecule has 0 fully saturated rings. The Morgan fingerprint density at radius 3 is 3.07 bits per heavy atom. The fourth-order valence-electron chi connectivity index (χ4n) is 1.28. The second-order valence-corrected chi connectivity index (χ2v) is 4.56. The molecule has 0 aliphatic carbocycles.